The van der Waals surface area contributed by atoms with E-state index in [9.17, 15) is 8.42 Å². The van der Waals surface area contributed by atoms with Crippen molar-refractivity contribution in [2.45, 2.75) is 19.0 Å². The second-order valence-corrected chi connectivity index (χ2v) is 8.26. The maximum atomic E-state index is 11.9. The highest BCUT2D eigenvalue weighted by molar-refractivity contribution is 7.90. The summed E-state index contributed by atoms with van der Waals surface area (Å²) in [6, 6.07) is 11.3. The fourth-order valence-corrected chi connectivity index (χ4v) is 3.47. The second-order valence-electron chi connectivity index (χ2n) is 6.35. The van der Waals surface area contributed by atoms with Gasteiger partial charge in [0.05, 0.1) is 11.4 Å². The van der Waals surface area contributed by atoms with Crippen molar-refractivity contribution in [3.05, 3.63) is 60.0 Å². The van der Waals surface area contributed by atoms with Gasteiger partial charge in [0.2, 0.25) is 15.0 Å². The van der Waals surface area contributed by atoms with Crippen LogP contribution in [0.3, 0.4) is 0 Å². The molecule has 0 aliphatic carbocycles. The van der Waals surface area contributed by atoms with Crippen LogP contribution in [0.2, 0.25) is 0 Å². The lowest BCUT2D eigenvalue weighted by Gasteiger charge is -2.06. The lowest BCUT2D eigenvalue weighted by molar-refractivity contribution is 0.593. The van der Waals surface area contributed by atoms with Gasteiger partial charge in [-0.05, 0) is 43.7 Å². The Balaban J connectivity index is 2.08. The molecule has 7 nitrogen and oxygen atoms in total. The van der Waals surface area contributed by atoms with Crippen LogP contribution in [0.15, 0.2) is 53.9 Å². The number of imidazole rings is 1. The first-order valence-corrected chi connectivity index (χ1v) is 10.2. The first kappa shape index (κ1) is 17.3. The van der Waals surface area contributed by atoms with E-state index < -0.39 is 9.84 Å². The van der Waals surface area contributed by atoms with Crippen LogP contribution in [0.5, 0.6) is 0 Å². The zero-order valence-electron chi connectivity index (χ0n) is 15.1. The van der Waals surface area contributed by atoms with Gasteiger partial charge in [0.25, 0.3) is 0 Å². The Bertz CT molecular complexity index is 1280. The van der Waals surface area contributed by atoms with Crippen LogP contribution in [-0.2, 0) is 9.84 Å². The van der Waals surface area contributed by atoms with E-state index in [4.69, 9.17) is 4.98 Å². The summed E-state index contributed by atoms with van der Waals surface area (Å²) >= 11 is 0. The van der Waals surface area contributed by atoms with E-state index >= 15 is 0 Å². The van der Waals surface area contributed by atoms with E-state index in [0.29, 0.717) is 22.8 Å². The lowest BCUT2D eigenvalue weighted by atomic mass is 10.1. The lowest BCUT2D eigenvalue weighted by Crippen LogP contribution is -2.05. The summed E-state index contributed by atoms with van der Waals surface area (Å²) in [5, 5.41) is -0.217. The average molecular weight is 379 g/mol. The van der Waals surface area contributed by atoms with Crippen molar-refractivity contribution in [1.82, 2.24) is 24.3 Å². The molecule has 136 valence electrons. The highest BCUT2D eigenvalue weighted by atomic mass is 32.2. The monoisotopic (exact) mass is 379 g/mol. The molecule has 0 saturated heterocycles. The van der Waals surface area contributed by atoms with Crippen LogP contribution < -0.4 is 0 Å². The summed E-state index contributed by atoms with van der Waals surface area (Å²) in [5.74, 6) is 0. The van der Waals surface area contributed by atoms with Crippen LogP contribution in [0.4, 0.5) is 0 Å². The van der Waals surface area contributed by atoms with E-state index in [-0.39, 0.29) is 5.16 Å². The molecule has 4 rings (SSSR count). The van der Waals surface area contributed by atoms with Gasteiger partial charge in [-0.25, -0.2) is 23.4 Å². The molecule has 0 bridgehead atoms. The first-order chi connectivity index (χ1) is 12.8. The van der Waals surface area contributed by atoms with Crippen molar-refractivity contribution in [3.63, 3.8) is 0 Å². The predicted octanol–water partition coefficient (Wildman–Crippen LogP) is 2.87. The number of rotatable bonds is 3. The third-order valence-corrected chi connectivity index (χ3v) is 5.04. The minimum atomic E-state index is -3.53. The Kier molecular flexibility index (Phi) is 4.00. The molecule has 0 saturated carbocycles. The van der Waals surface area contributed by atoms with Gasteiger partial charge in [-0.15, -0.1) is 0 Å². The second kappa shape index (κ2) is 6.24. The molecular formula is C19H17N5O2S. The SMILES string of the molecule is Cc1cccc(-c2nc3c(C)cccn3c2-c2ccnc(S(C)(=O)=O)n2)n1. The van der Waals surface area contributed by atoms with Gasteiger partial charge in [-0.3, -0.25) is 9.38 Å². The molecule has 0 aliphatic rings. The normalized spacial score (nSPS) is 11.8. The molecule has 4 heterocycles. The fourth-order valence-electron chi connectivity index (χ4n) is 2.95. The standard InChI is InChI=1S/C19H17N5O2S/c1-12-6-5-11-24-17(15-9-10-20-19(22-15)27(3,25)26)16(23-18(12)24)14-8-4-7-13(2)21-14/h4-11H,1-3H3. The highest BCUT2D eigenvalue weighted by Crippen LogP contribution is 2.32. The quantitative estimate of drug-likeness (QED) is 0.509. The number of pyridine rings is 2. The number of aryl methyl sites for hydroxylation is 2. The topological polar surface area (TPSA) is 90.1 Å². The van der Waals surface area contributed by atoms with Crippen LogP contribution in [0.25, 0.3) is 28.4 Å². The zero-order chi connectivity index (χ0) is 19.2. The van der Waals surface area contributed by atoms with Crippen LogP contribution in [0, 0.1) is 13.8 Å². The molecule has 0 aliphatic heterocycles. The number of aromatic nitrogens is 5. The summed E-state index contributed by atoms with van der Waals surface area (Å²) < 4.78 is 25.7. The Morgan fingerprint density at radius 1 is 0.926 bits per heavy atom. The van der Waals surface area contributed by atoms with Gasteiger partial charge in [0, 0.05) is 24.3 Å². The minimum Gasteiger partial charge on any atom is -0.297 e. The van der Waals surface area contributed by atoms with Crippen LogP contribution >= 0.6 is 0 Å². The summed E-state index contributed by atoms with van der Waals surface area (Å²) in [7, 11) is -3.53. The summed E-state index contributed by atoms with van der Waals surface area (Å²) in [5.41, 5.74) is 5.13. The molecule has 0 N–H and O–H groups in total. The maximum Gasteiger partial charge on any atom is 0.247 e. The third-order valence-electron chi connectivity index (χ3n) is 4.18. The van der Waals surface area contributed by atoms with E-state index in [2.05, 4.69) is 15.0 Å². The van der Waals surface area contributed by atoms with Gasteiger partial charge in [0.1, 0.15) is 17.0 Å². The molecule has 0 atom stereocenters. The number of nitrogens with zero attached hydrogens (tertiary/aromatic N) is 5. The summed E-state index contributed by atoms with van der Waals surface area (Å²) in [6.07, 6.45) is 4.42. The molecule has 0 aromatic carbocycles. The van der Waals surface area contributed by atoms with E-state index in [0.717, 1.165) is 23.2 Å². The van der Waals surface area contributed by atoms with Crippen molar-refractivity contribution in [3.8, 4) is 22.8 Å². The Morgan fingerprint density at radius 2 is 1.74 bits per heavy atom. The molecule has 4 aromatic heterocycles. The number of sulfone groups is 1. The van der Waals surface area contributed by atoms with Crippen LogP contribution in [0.1, 0.15) is 11.3 Å². The number of hydrogen-bond donors (Lipinski definition) is 0. The third kappa shape index (κ3) is 3.08. The Morgan fingerprint density at radius 3 is 2.48 bits per heavy atom. The molecule has 0 radical (unpaired) electrons. The van der Waals surface area contributed by atoms with Gasteiger partial charge < -0.3 is 0 Å². The van der Waals surface area contributed by atoms with Gasteiger partial charge in [-0.2, -0.15) is 0 Å². The van der Waals surface area contributed by atoms with Gasteiger partial charge >= 0.3 is 0 Å². The summed E-state index contributed by atoms with van der Waals surface area (Å²) in [6.45, 7) is 3.89. The Labute approximate surface area is 156 Å². The molecule has 0 amide bonds. The van der Waals surface area contributed by atoms with Crippen molar-refractivity contribution in [2.24, 2.45) is 0 Å². The van der Waals surface area contributed by atoms with E-state index in [1.165, 1.54) is 6.20 Å². The van der Waals surface area contributed by atoms with Crippen molar-refractivity contribution in [1.29, 1.82) is 0 Å². The predicted molar refractivity (Wildman–Crippen MR) is 102 cm³/mol. The van der Waals surface area contributed by atoms with Crippen molar-refractivity contribution >= 4 is 15.5 Å². The van der Waals surface area contributed by atoms with E-state index in [1.807, 2.05) is 54.8 Å². The van der Waals surface area contributed by atoms with Gasteiger partial charge in [0.15, 0.2) is 0 Å². The molecule has 0 unspecified atom stereocenters. The molecule has 8 heteroatoms. The largest absolute Gasteiger partial charge is 0.297 e. The van der Waals surface area contributed by atoms with Crippen LogP contribution in [-0.4, -0.2) is 39.0 Å². The fraction of sp³-hybridized carbons (Fsp3) is 0.158. The van der Waals surface area contributed by atoms with Crippen molar-refractivity contribution in [2.75, 3.05) is 6.26 Å². The first-order valence-electron chi connectivity index (χ1n) is 8.30. The average Bonchev–Trinajstić information content (AvgIpc) is 3.02. The summed E-state index contributed by atoms with van der Waals surface area (Å²) in [4.78, 5) is 17.5. The van der Waals surface area contributed by atoms with Gasteiger partial charge in [-0.1, -0.05) is 12.1 Å². The molecule has 0 fully saturated rings. The smallest absolute Gasteiger partial charge is 0.247 e. The molecular weight excluding hydrogens is 362 g/mol. The molecule has 27 heavy (non-hydrogen) atoms. The Hall–Kier alpha value is -3.13. The van der Waals surface area contributed by atoms with E-state index in [1.54, 1.807) is 6.07 Å². The molecule has 4 aromatic rings. The minimum absolute atomic E-state index is 0.217. The maximum absolute atomic E-state index is 11.9. The number of fused-ring (bicyclic) bond motifs is 1. The highest BCUT2D eigenvalue weighted by Gasteiger charge is 2.21. The molecule has 0 spiro atoms. The number of hydrogen-bond acceptors (Lipinski definition) is 6. The zero-order valence-corrected chi connectivity index (χ0v) is 15.9. The van der Waals surface area contributed by atoms with Crippen molar-refractivity contribution < 1.29 is 8.42 Å².